The molecule has 0 atom stereocenters. The molecule has 1 aromatic rings. The molecule has 0 aliphatic carbocycles. The molecule has 0 amide bonds. The molecule has 1 nitrogen and oxygen atoms in total. The van der Waals surface area contributed by atoms with Crippen LogP contribution in [0.3, 0.4) is 0 Å². The van der Waals surface area contributed by atoms with Gasteiger partial charge in [0.2, 0.25) is 0 Å². The quantitative estimate of drug-likeness (QED) is 0.679. The molecule has 0 bridgehead atoms. The molecule has 0 saturated heterocycles. The molecule has 0 aromatic heterocycles. The van der Waals surface area contributed by atoms with Crippen LogP contribution in [0.15, 0.2) is 24.3 Å². The van der Waals surface area contributed by atoms with Crippen molar-refractivity contribution in [3.8, 4) is 5.75 Å². The van der Waals surface area contributed by atoms with E-state index in [2.05, 4.69) is 6.07 Å². The fraction of sp³-hybridized carbons (Fsp3) is 0.400. The van der Waals surface area contributed by atoms with Crippen LogP contribution < -0.4 is 8.43 Å². The van der Waals surface area contributed by atoms with Crippen molar-refractivity contribution in [1.82, 2.24) is 0 Å². The zero-order valence-electron chi connectivity index (χ0n) is 8.30. The molecule has 0 saturated carbocycles. The molecule has 0 N–H and O–H groups in total. The van der Waals surface area contributed by atoms with E-state index in [1.165, 1.54) is 3.69 Å². The van der Waals surface area contributed by atoms with E-state index in [1.807, 2.05) is 39.0 Å². The van der Waals surface area contributed by atoms with Gasteiger partial charge in [0.05, 0.1) is 0 Å². The number of benzene rings is 1. The van der Waals surface area contributed by atoms with Crippen LogP contribution in [0, 0.1) is 0 Å². The summed E-state index contributed by atoms with van der Waals surface area (Å²) in [5, 5.41) is 0. The first-order valence-corrected chi connectivity index (χ1v) is 7.20. The SMILES string of the molecule is CC(C)(C)Oc1ccc[c]([Mg][Cl])c1. The van der Waals surface area contributed by atoms with Gasteiger partial charge in [-0.2, -0.15) is 0 Å². The van der Waals surface area contributed by atoms with Gasteiger partial charge in [0, 0.05) is 0 Å². The Morgan fingerprint density at radius 3 is 2.54 bits per heavy atom. The lowest BCUT2D eigenvalue weighted by Crippen LogP contribution is -2.23. The number of ether oxygens (including phenoxy) is 1. The Hall–Kier alpha value is 0.0762. The first-order chi connectivity index (χ1) is 6.01. The first-order valence-electron chi connectivity index (χ1n) is 4.35. The molecule has 0 unspecified atom stereocenters. The predicted octanol–water partition coefficient (Wildman–Crippen LogP) is 2.35. The van der Waals surface area contributed by atoms with Gasteiger partial charge in [-0.3, -0.25) is 0 Å². The average molecular weight is 209 g/mol. The van der Waals surface area contributed by atoms with Gasteiger partial charge in [0.1, 0.15) is 11.4 Å². The van der Waals surface area contributed by atoms with Crippen molar-refractivity contribution in [3.05, 3.63) is 24.3 Å². The lowest BCUT2D eigenvalue weighted by Gasteiger charge is -2.21. The molecule has 3 heteroatoms. The summed E-state index contributed by atoms with van der Waals surface area (Å²) in [6, 6.07) is 8.04. The highest BCUT2D eigenvalue weighted by molar-refractivity contribution is 7.01. The normalized spacial score (nSPS) is 10.8. The molecule has 0 aliphatic rings. The van der Waals surface area contributed by atoms with E-state index >= 15 is 0 Å². The molecule has 68 valence electrons. The van der Waals surface area contributed by atoms with Crippen LogP contribution in [-0.2, 0) is 0 Å². The van der Waals surface area contributed by atoms with Gasteiger partial charge >= 0.3 is 19.3 Å². The Labute approximate surface area is 92.9 Å². The van der Waals surface area contributed by atoms with E-state index in [4.69, 9.17) is 13.8 Å². The van der Waals surface area contributed by atoms with Crippen LogP contribution in [0.1, 0.15) is 20.8 Å². The van der Waals surface area contributed by atoms with Crippen LogP contribution in [0.4, 0.5) is 0 Å². The molecule has 0 fully saturated rings. The van der Waals surface area contributed by atoms with Crippen molar-refractivity contribution in [1.29, 1.82) is 0 Å². The molecule has 13 heavy (non-hydrogen) atoms. The second-order valence-electron chi connectivity index (χ2n) is 4.00. The van der Waals surface area contributed by atoms with Crippen molar-refractivity contribution < 1.29 is 4.74 Å². The third-order valence-corrected chi connectivity index (χ3v) is 3.15. The molecule has 0 radical (unpaired) electrons. The average Bonchev–Trinajstić information content (AvgIpc) is 2.01. The number of rotatable bonds is 2. The van der Waals surface area contributed by atoms with Crippen molar-refractivity contribution in [3.63, 3.8) is 0 Å². The van der Waals surface area contributed by atoms with Gasteiger partial charge in [-0.15, -0.1) is 3.69 Å². The lowest BCUT2D eigenvalue weighted by atomic mass is 10.2. The maximum absolute atomic E-state index is 5.85. The molecule has 1 aromatic carbocycles. The van der Waals surface area contributed by atoms with Crippen molar-refractivity contribution in [2.24, 2.45) is 0 Å². The number of hydrogen-bond donors (Lipinski definition) is 0. The molecular weight excluding hydrogens is 196 g/mol. The summed E-state index contributed by atoms with van der Waals surface area (Å²) < 4.78 is 6.93. The van der Waals surface area contributed by atoms with E-state index < -0.39 is 19.3 Å². The smallest absolute Gasteiger partial charge is 0.488 e. The van der Waals surface area contributed by atoms with Crippen LogP contribution in [0.2, 0.25) is 0 Å². The van der Waals surface area contributed by atoms with E-state index in [9.17, 15) is 0 Å². The summed E-state index contributed by atoms with van der Waals surface area (Å²) in [6.45, 7) is 6.12. The minimum Gasteiger partial charge on any atom is -0.488 e. The largest absolute Gasteiger partial charge is 0.538 e. The van der Waals surface area contributed by atoms with E-state index in [-0.39, 0.29) is 5.60 Å². The molecule has 0 aliphatic heterocycles. The van der Waals surface area contributed by atoms with Crippen LogP contribution in [0.25, 0.3) is 0 Å². The van der Waals surface area contributed by atoms with Crippen LogP contribution >= 0.6 is 9.07 Å². The predicted molar refractivity (Wildman–Crippen MR) is 58.1 cm³/mol. The zero-order valence-corrected chi connectivity index (χ0v) is 10.5. The van der Waals surface area contributed by atoms with Gasteiger partial charge < -0.3 is 13.8 Å². The maximum atomic E-state index is 5.85. The second-order valence-corrected chi connectivity index (χ2v) is 5.88. The topological polar surface area (TPSA) is 9.23 Å². The molecule has 1 rings (SSSR count). The van der Waals surface area contributed by atoms with Crippen LogP contribution in [0.5, 0.6) is 5.75 Å². The molecule has 0 spiro atoms. The summed E-state index contributed by atoms with van der Waals surface area (Å²) >= 11 is -0.591. The van der Waals surface area contributed by atoms with Crippen LogP contribution in [-0.4, -0.2) is 24.9 Å². The van der Waals surface area contributed by atoms with Gasteiger partial charge in [-0.05, 0) is 32.9 Å². The fourth-order valence-corrected chi connectivity index (χ4v) is 2.05. The second kappa shape index (κ2) is 4.53. The summed E-state index contributed by atoms with van der Waals surface area (Å²) in [5.41, 5.74) is -0.132. The Morgan fingerprint density at radius 1 is 1.31 bits per heavy atom. The van der Waals surface area contributed by atoms with Crippen molar-refractivity contribution >= 4 is 32.0 Å². The Morgan fingerprint density at radius 2 is 2.00 bits per heavy atom. The highest BCUT2D eigenvalue weighted by Crippen LogP contribution is 2.15. The Balaban J connectivity index is 2.78. The van der Waals surface area contributed by atoms with Gasteiger partial charge in [-0.25, -0.2) is 0 Å². The minimum atomic E-state index is -0.591. The summed E-state index contributed by atoms with van der Waals surface area (Å²) in [5.74, 6) is 0.915. The maximum Gasteiger partial charge on any atom is 0.538 e. The Kier molecular flexibility index (Phi) is 3.89. The van der Waals surface area contributed by atoms with Gasteiger partial charge in [-0.1, -0.05) is 12.1 Å². The van der Waals surface area contributed by atoms with Crippen molar-refractivity contribution in [2.75, 3.05) is 0 Å². The molecular formula is C10H13ClMgO. The zero-order chi connectivity index (χ0) is 9.90. The summed E-state index contributed by atoms with van der Waals surface area (Å²) in [4.78, 5) is 0. The summed E-state index contributed by atoms with van der Waals surface area (Å²) in [7, 11) is 5.85. The third-order valence-electron chi connectivity index (χ3n) is 1.48. The van der Waals surface area contributed by atoms with Gasteiger partial charge in [0.25, 0.3) is 0 Å². The highest BCUT2D eigenvalue weighted by atomic mass is 35.5. The monoisotopic (exact) mass is 208 g/mol. The number of hydrogen-bond acceptors (Lipinski definition) is 1. The highest BCUT2D eigenvalue weighted by Gasteiger charge is 2.11. The summed E-state index contributed by atoms with van der Waals surface area (Å²) in [6.07, 6.45) is 0. The molecule has 0 heterocycles. The number of halogens is 1. The van der Waals surface area contributed by atoms with E-state index in [0.717, 1.165) is 5.75 Å². The standard InChI is InChI=1S/C10H13O.ClH.Mg/c1-10(2,3)11-9-7-5-4-6-8-9;;/h4-5,7-8H,1-3H3;1H;/q;;+1/p-1. The first kappa shape index (κ1) is 11.2. The minimum absolute atomic E-state index is 0.132. The van der Waals surface area contributed by atoms with E-state index in [1.54, 1.807) is 0 Å². The Bertz CT molecular complexity index is 280. The van der Waals surface area contributed by atoms with Gasteiger partial charge in [0.15, 0.2) is 0 Å². The van der Waals surface area contributed by atoms with Crippen molar-refractivity contribution in [2.45, 2.75) is 26.4 Å². The third kappa shape index (κ3) is 4.20. The lowest BCUT2D eigenvalue weighted by molar-refractivity contribution is 0.131. The van der Waals surface area contributed by atoms with E-state index in [0.29, 0.717) is 0 Å². The fourth-order valence-electron chi connectivity index (χ4n) is 1.05.